The van der Waals surface area contributed by atoms with Crippen molar-refractivity contribution in [2.45, 2.75) is 37.1 Å². The lowest BCUT2D eigenvalue weighted by Gasteiger charge is -2.22. The van der Waals surface area contributed by atoms with E-state index in [1.165, 1.54) is 17.3 Å². The van der Waals surface area contributed by atoms with E-state index in [0.29, 0.717) is 5.16 Å². The van der Waals surface area contributed by atoms with E-state index in [-0.39, 0.29) is 11.2 Å². The molecule has 28 heavy (non-hydrogen) atoms. The van der Waals surface area contributed by atoms with Crippen LogP contribution >= 0.6 is 11.8 Å². The number of nitrogens with zero attached hydrogens (tertiary/aromatic N) is 5. The normalized spacial score (nSPS) is 15.0. The van der Waals surface area contributed by atoms with Crippen molar-refractivity contribution >= 4 is 17.7 Å². The molecule has 6 nitrogen and oxygen atoms in total. The molecule has 0 saturated carbocycles. The number of likely N-dealkylation sites (tertiary alicyclic amines) is 1. The van der Waals surface area contributed by atoms with Crippen molar-refractivity contribution in [2.24, 2.45) is 0 Å². The molecule has 0 N–H and O–H groups in total. The monoisotopic (exact) mass is 393 g/mol. The van der Waals surface area contributed by atoms with Gasteiger partial charge in [-0.25, -0.2) is 0 Å². The number of amides is 1. The Morgan fingerprint density at radius 1 is 1.07 bits per heavy atom. The van der Waals surface area contributed by atoms with E-state index in [1.54, 1.807) is 4.68 Å². The molecule has 1 atom stereocenters. The van der Waals surface area contributed by atoms with E-state index in [1.807, 2.05) is 54.3 Å². The second-order valence-corrected chi connectivity index (χ2v) is 8.18. The summed E-state index contributed by atoms with van der Waals surface area (Å²) in [5.41, 5.74) is 4.18. The fraction of sp³-hybridized carbons (Fsp3) is 0.333. The van der Waals surface area contributed by atoms with Crippen molar-refractivity contribution in [1.29, 1.82) is 0 Å². The SMILES string of the molecule is Cc1ccc(-n2nnnc2S[C@@H](C(=O)N2CCCC2)c2ccccc2)c(C)c1. The molecule has 2 aromatic carbocycles. The highest BCUT2D eigenvalue weighted by molar-refractivity contribution is 8.00. The minimum absolute atomic E-state index is 0.129. The van der Waals surface area contributed by atoms with Crippen LogP contribution in [0.15, 0.2) is 53.7 Å². The van der Waals surface area contributed by atoms with Crippen LogP contribution in [0.1, 0.15) is 34.8 Å². The average molecular weight is 394 g/mol. The number of carbonyl (C=O) groups excluding carboxylic acids is 1. The van der Waals surface area contributed by atoms with Gasteiger partial charge in [-0.05, 0) is 54.3 Å². The minimum Gasteiger partial charge on any atom is -0.341 e. The maximum Gasteiger partial charge on any atom is 0.240 e. The largest absolute Gasteiger partial charge is 0.341 e. The molecule has 0 spiro atoms. The van der Waals surface area contributed by atoms with Gasteiger partial charge < -0.3 is 4.90 Å². The van der Waals surface area contributed by atoms with Crippen molar-refractivity contribution < 1.29 is 4.79 Å². The lowest BCUT2D eigenvalue weighted by molar-refractivity contribution is -0.129. The molecule has 1 aliphatic heterocycles. The highest BCUT2D eigenvalue weighted by Gasteiger charge is 2.30. The Labute approximate surface area is 168 Å². The molecule has 1 aliphatic rings. The summed E-state index contributed by atoms with van der Waals surface area (Å²) in [7, 11) is 0. The van der Waals surface area contributed by atoms with Gasteiger partial charge in [0.1, 0.15) is 5.25 Å². The Balaban J connectivity index is 1.68. The number of thioether (sulfide) groups is 1. The van der Waals surface area contributed by atoms with Gasteiger partial charge in [0.2, 0.25) is 11.1 Å². The Morgan fingerprint density at radius 2 is 1.82 bits per heavy atom. The highest BCUT2D eigenvalue weighted by Crippen LogP contribution is 2.37. The Bertz CT molecular complexity index is 966. The number of aromatic nitrogens is 4. The number of hydrogen-bond donors (Lipinski definition) is 0. The second-order valence-electron chi connectivity index (χ2n) is 7.10. The third kappa shape index (κ3) is 3.80. The summed E-state index contributed by atoms with van der Waals surface area (Å²) in [6.45, 7) is 5.75. The van der Waals surface area contributed by atoms with Gasteiger partial charge in [0.05, 0.1) is 5.69 Å². The summed E-state index contributed by atoms with van der Waals surface area (Å²) in [6.07, 6.45) is 2.14. The van der Waals surface area contributed by atoms with E-state index in [2.05, 4.69) is 28.5 Å². The number of tetrazole rings is 1. The van der Waals surface area contributed by atoms with Crippen molar-refractivity contribution in [3.63, 3.8) is 0 Å². The van der Waals surface area contributed by atoms with E-state index in [9.17, 15) is 4.79 Å². The van der Waals surface area contributed by atoms with Crippen molar-refractivity contribution in [2.75, 3.05) is 13.1 Å². The molecule has 0 aliphatic carbocycles. The zero-order valence-electron chi connectivity index (χ0n) is 16.1. The van der Waals surface area contributed by atoms with Gasteiger partial charge in [-0.2, -0.15) is 4.68 Å². The van der Waals surface area contributed by atoms with Crippen LogP contribution in [0.2, 0.25) is 0 Å². The van der Waals surface area contributed by atoms with E-state index < -0.39 is 0 Å². The Hall–Kier alpha value is -2.67. The summed E-state index contributed by atoms with van der Waals surface area (Å²) in [5, 5.41) is 12.6. The van der Waals surface area contributed by atoms with Gasteiger partial charge in [-0.3, -0.25) is 4.79 Å². The number of rotatable bonds is 5. The maximum atomic E-state index is 13.3. The first-order valence-corrected chi connectivity index (χ1v) is 10.4. The first kappa shape index (κ1) is 18.7. The van der Waals surface area contributed by atoms with Crippen LogP contribution in [0.5, 0.6) is 0 Å². The lowest BCUT2D eigenvalue weighted by atomic mass is 10.1. The molecule has 1 amide bonds. The van der Waals surface area contributed by atoms with Crippen molar-refractivity contribution in [3.8, 4) is 5.69 Å². The topological polar surface area (TPSA) is 63.9 Å². The highest BCUT2D eigenvalue weighted by atomic mass is 32.2. The zero-order chi connectivity index (χ0) is 19.5. The molecule has 1 saturated heterocycles. The van der Waals surface area contributed by atoms with Gasteiger partial charge in [-0.15, -0.1) is 5.10 Å². The van der Waals surface area contributed by atoms with Crippen LogP contribution in [-0.2, 0) is 4.79 Å². The van der Waals surface area contributed by atoms with Crippen molar-refractivity contribution in [1.82, 2.24) is 25.1 Å². The number of hydrogen-bond acceptors (Lipinski definition) is 5. The summed E-state index contributed by atoms with van der Waals surface area (Å²) < 4.78 is 1.73. The van der Waals surface area contributed by atoms with Gasteiger partial charge in [-0.1, -0.05) is 59.8 Å². The molecule has 1 fully saturated rings. The van der Waals surface area contributed by atoms with E-state index >= 15 is 0 Å². The average Bonchev–Trinajstić information content (AvgIpc) is 3.39. The number of carbonyl (C=O) groups is 1. The smallest absolute Gasteiger partial charge is 0.240 e. The van der Waals surface area contributed by atoms with Crippen LogP contribution in [-0.4, -0.2) is 44.1 Å². The van der Waals surface area contributed by atoms with Gasteiger partial charge in [0.25, 0.3) is 0 Å². The summed E-state index contributed by atoms with van der Waals surface area (Å²) in [4.78, 5) is 15.2. The Kier molecular flexibility index (Phi) is 5.43. The summed E-state index contributed by atoms with van der Waals surface area (Å²) in [6, 6.07) is 16.1. The molecule has 0 unspecified atom stereocenters. The van der Waals surface area contributed by atoms with Gasteiger partial charge >= 0.3 is 0 Å². The molecule has 0 radical (unpaired) electrons. The van der Waals surface area contributed by atoms with Crippen LogP contribution in [0.25, 0.3) is 5.69 Å². The third-order valence-electron chi connectivity index (χ3n) is 4.99. The van der Waals surface area contributed by atoms with Crippen molar-refractivity contribution in [3.05, 3.63) is 65.2 Å². The molecule has 3 aromatic rings. The summed E-state index contributed by atoms with van der Waals surface area (Å²) in [5.74, 6) is 0.129. The number of aryl methyl sites for hydroxylation is 2. The quantitative estimate of drug-likeness (QED) is 0.618. The molecular formula is C21H23N5OS. The number of benzene rings is 2. The fourth-order valence-electron chi connectivity index (χ4n) is 3.54. The van der Waals surface area contributed by atoms with Crippen LogP contribution in [0.3, 0.4) is 0 Å². The standard InChI is InChI=1S/C21H23N5OS/c1-15-10-11-18(16(2)14-15)26-21(22-23-24-26)28-19(17-8-4-3-5-9-17)20(27)25-12-6-7-13-25/h3-5,8-11,14,19H,6-7,12-13H2,1-2H3/t19-/m1/s1. The second kappa shape index (κ2) is 8.14. The van der Waals surface area contributed by atoms with Gasteiger partial charge in [0, 0.05) is 13.1 Å². The molecule has 7 heteroatoms. The van der Waals surface area contributed by atoms with Crippen LogP contribution in [0.4, 0.5) is 0 Å². The van der Waals surface area contributed by atoms with Crippen LogP contribution in [0, 0.1) is 13.8 Å². The predicted octanol–water partition coefficient (Wildman–Crippen LogP) is 3.73. The van der Waals surface area contributed by atoms with Gasteiger partial charge in [0.15, 0.2) is 0 Å². The molecule has 0 bridgehead atoms. The fourth-order valence-corrected chi connectivity index (χ4v) is 4.62. The first-order chi connectivity index (χ1) is 13.6. The summed E-state index contributed by atoms with van der Waals surface area (Å²) >= 11 is 1.41. The molecular weight excluding hydrogens is 370 g/mol. The first-order valence-electron chi connectivity index (χ1n) is 9.50. The molecule has 2 heterocycles. The lowest BCUT2D eigenvalue weighted by Crippen LogP contribution is -2.31. The Morgan fingerprint density at radius 3 is 2.54 bits per heavy atom. The van der Waals surface area contributed by atoms with E-state index in [4.69, 9.17) is 0 Å². The van der Waals surface area contributed by atoms with Crippen LogP contribution < -0.4 is 0 Å². The molecule has 144 valence electrons. The minimum atomic E-state index is -0.366. The predicted molar refractivity (Wildman–Crippen MR) is 109 cm³/mol. The van der Waals surface area contributed by atoms with E-state index in [0.717, 1.165) is 42.7 Å². The molecule has 4 rings (SSSR count). The maximum absolute atomic E-state index is 13.3. The third-order valence-corrected chi connectivity index (χ3v) is 6.16. The zero-order valence-corrected chi connectivity index (χ0v) is 16.9. The molecule has 1 aromatic heterocycles.